The Labute approximate surface area is 122 Å². The largest absolute Gasteiger partial charge is 1.00 e. The molecule has 98 valence electrons. The van der Waals surface area contributed by atoms with Gasteiger partial charge in [-0.2, -0.15) is 0 Å². The third-order valence-electron chi connectivity index (χ3n) is 3.65. The lowest BCUT2D eigenvalue weighted by Crippen LogP contribution is -3.00. The van der Waals surface area contributed by atoms with Crippen molar-refractivity contribution in [3.63, 3.8) is 0 Å². The fourth-order valence-corrected chi connectivity index (χ4v) is 1.82. The van der Waals surface area contributed by atoms with Gasteiger partial charge in [-0.15, -0.1) is 0 Å². The summed E-state index contributed by atoms with van der Waals surface area (Å²) in [7, 11) is 2.25. The average Bonchev–Trinajstić information content (AvgIpc) is 2.36. The van der Waals surface area contributed by atoms with Gasteiger partial charge in [0.15, 0.2) is 0 Å². The lowest BCUT2D eigenvalue weighted by atomic mass is 10.1. The van der Waals surface area contributed by atoms with Crippen LogP contribution in [-0.4, -0.2) is 36.3 Å². The van der Waals surface area contributed by atoms with E-state index in [-0.39, 0.29) is 30.1 Å². The number of rotatable bonds is 6. The van der Waals surface area contributed by atoms with E-state index in [4.69, 9.17) is 0 Å². The maximum absolute atomic E-state index is 10.1. The number of aliphatic hydroxyl groups is 1. The molecule has 1 aromatic carbocycles. The van der Waals surface area contributed by atoms with Crippen molar-refractivity contribution >= 4 is 0 Å². The Hall–Kier alpha value is -0.130. The van der Waals surface area contributed by atoms with Crippen molar-refractivity contribution in [1.82, 2.24) is 0 Å². The molecule has 0 amide bonds. The van der Waals surface area contributed by atoms with Crippen molar-refractivity contribution in [1.29, 1.82) is 0 Å². The van der Waals surface area contributed by atoms with Crippen LogP contribution >= 0.6 is 0 Å². The zero-order valence-corrected chi connectivity index (χ0v) is 13.2. The zero-order chi connectivity index (χ0) is 12.0. The van der Waals surface area contributed by atoms with Gasteiger partial charge in [-0.3, -0.25) is 0 Å². The van der Waals surface area contributed by atoms with Gasteiger partial charge in [-0.05, 0) is 19.4 Å². The Kier molecular flexibility index (Phi) is 8.00. The average molecular weight is 349 g/mol. The second kappa shape index (κ2) is 8.06. The molecule has 0 radical (unpaired) electrons. The molecule has 1 unspecified atom stereocenters. The Morgan fingerprint density at radius 3 is 2.12 bits per heavy atom. The van der Waals surface area contributed by atoms with Crippen molar-refractivity contribution in [3.8, 4) is 0 Å². The van der Waals surface area contributed by atoms with Crippen molar-refractivity contribution in [2.45, 2.75) is 26.4 Å². The van der Waals surface area contributed by atoms with Gasteiger partial charge in [0.2, 0.25) is 0 Å². The molecule has 1 N–H and O–H groups in total. The molecule has 1 rings (SSSR count). The molecule has 0 aliphatic carbocycles. The summed E-state index contributed by atoms with van der Waals surface area (Å²) >= 11 is 0. The molecule has 0 saturated carbocycles. The van der Waals surface area contributed by atoms with Crippen molar-refractivity contribution < 1.29 is 33.6 Å². The summed E-state index contributed by atoms with van der Waals surface area (Å²) < 4.78 is 1.03. The van der Waals surface area contributed by atoms with Gasteiger partial charge in [0.25, 0.3) is 0 Å². The van der Waals surface area contributed by atoms with Crippen LogP contribution in [-0.2, 0) is 0 Å². The van der Waals surface area contributed by atoms with Gasteiger partial charge in [-0.25, -0.2) is 0 Å². The van der Waals surface area contributed by atoms with Crippen LogP contribution < -0.4 is 24.0 Å². The number of hydrogen-bond acceptors (Lipinski definition) is 1. The molecule has 0 aromatic heterocycles. The van der Waals surface area contributed by atoms with Crippen LogP contribution in [0.3, 0.4) is 0 Å². The summed E-state index contributed by atoms with van der Waals surface area (Å²) in [5.74, 6) is 0. The van der Waals surface area contributed by atoms with Crippen LogP contribution in [0.4, 0.5) is 0 Å². The van der Waals surface area contributed by atoms with Gasteiger partial charge in [0.05, 0.1) is 32.8 Å². The molecule has 0 aliphatic heterocycles. The quantitative estimate of drug-likeness (QED) is 0.548. The fraction of sp³-hybridized carbons (Fsp3) is 0.571. The van der Waals surface area contributed by atoms with Crippen molar-refractivity contribution in [3.05, 3.63) is 35.9 Å². The molecule has 0 bridgehead atoms. The van der Waals surface area contributed by atoms with Crippen molar-refractivity contribution in [2.75, 3.05) is 26.7 Å². The first kappa shape index (κ1) is 16.9. The highest BCUT2D eigenvalue weighted by atomic mass is 127. The van der Waals surface area contributed by atoms with E-state index in [0.29, 0.717) is 0 Å². The normalized spacial score (nSPS) is 12.9. The summed E-state index contributed by atoms with van der Waals surface area (Å²) in [6, 6.07) is 9.92. The summed E-state index contributed by atoms with van der Waals surface area (Å²) in [4.78, 5) is 0. The van der Waals surface area contributed by atoms with Crippen LogP contribution in [0.15, 0.2) is 30.3 Å². The van der Waals surface area contributed by atoms with Crippen LogP contribution in [0, 0.1) is 0 Å². The third kappa shape index (κ3) is 5.36. The van der Waals surface area contributed by atoms with E-state index >= 15 is 0 Å². The molecule has 1 atom stereocenters. The SMILES string of the molecule is CC[N+](C)(CC)CCC(O)c1ccccc1.[I-]. The van der Waals surface area contributed by atoms with E-state index in [2.05, 4.69) is 20.9 Å². The number of benzene rings is 1. The van der Waals surface area contributed by atoms with Gasteiger partial charge in [0.1, 0.15) is 0 Å². The summed E-state index contributed by atoms with van der Waals surface area (Å²) in [5, 5.41) is 10.1. The number of aliphatic hydroxyl groups excluding tert-OH is 1. The van der Waals surface area contributed by atoms with Crippen molar-refractivity contribution in [2.24, 2.45) is 0 Å². The lowest BCUT2D eigenvalue weighted by Gasteiger charge is -2.32. The minimum atomic E-state index is -0.322. The Bertz CT molecular complexity index is 298. The molecule has 0 saturated heterocycles. The monoisotopic (exact) mass is 349 g/mol. The Morgan fingerprint density at radius 2 is 1.65 bits per heavy atom. The first-order chi connectivity index (χ1) is 7.61. The topological polar surface area (TPSA) is 20.2 Å². The number of nitrogens with zero attached hydrogens (tertiary/aromatic N) is 1. The van der Waals surface area contributed by atoms with E-state index in [1.165, 1.54) is 0 Å². The lowest BCUT2D eigenvalue weighted by molar-refractivity contribution is -0.906. The Balaban J connectivity index is 0.00000256. The Morgan fingerprint density at radius 1 is 1.12 bits per heavy atom. The van der Waals surface area contributed by atoms with Gasteiger partial charge in [0, 0.05) is 6.42 Å². The third-order valence-corrected chi connectivity index (χ3v) is 3.65. The summed E-state index contributed by atoms with van der Waals surface area (Å²) in [5.41, 5.74) is 1.03. The van der Waals surface area contributed by atoms with Crippen LogP contribution in [0.25, 0.3) is 0 Å². The molecule has 1 aromatic rings. The standard InChI is InChI=1S/C14H24NO.HI/c1-4-15(3,5-2)12-11-14(16)13-9-7-6-8-10-13;/h6-10,14,16H,4-5,11-12H2,1-3H3;1H/q+1;/p-1. The minimum Gasteiger partial charge on any atom is -1.00 e. The molecule has 17 heavy (non-hydrogen) atoms. The zero-order valence-electron chi connectivity index (χ0n) is 11.1. The minimum absolute atomic E-state index is 0. The molecule has 0 fully saturated rings. The van der Waals surface area contributed by atoms with Crippen LogP contribution in [0.5, 0.6) is 0 Å². The molecule has 0 spiro atoms. The van der Waals surface area contributed by atoms with Gasteiger partial charge >= 0.3 is 0 Å². The van der Waals surface area contributed by atoms with Crippen LogP contribution in [0.1, 0.15) is 31.9 Å². The molecular weight excluding hydrogens is 325 g/mol. The summed E-state index contributed by atoms with van der Waals surface area (Å²) in [6.45, 7) is 7.69. The van der Waals surface area contributed by atoms with E-state index < -0.39 is 0 Å². The maximum Gasteiger partial charge on any atom is 0.0843 e. The van der Waals surface area contributed by atoms with E-state index in [9.17, 15) is 5.11 Å². The van der Waals surface area contributed by atoms with Crippen LogP contribution in [0.2, 0.25) is 0 Å². The molecule has 3 heteroatoms. The molecule has 2 nitrogen and oxygen atoms in total. The highest BCUT2D eigenvalue weighted by Crippen LogP contribution is 2.18. The molecule has 0 heterocycles. The second-order valence-corrected chi connectivity index (χ2v) is 4.69. The first-order valence-electron chi connectivity index (χ1n) is 6.18. The molecule has 0 aliphatic rings. The van der Waals surface area contributed by atoms with E-state index in [1.807, 2.05) is 30.3 Å². The number of halogens is 1. The van der Waals surface area contributed by atoms with Gasteiger partial charge < -0.3 is 33.6 Å². The van der Waals surface area contributed by atoms with E-state index in [1.54, 1.807) is 0 Å². The predicted molar refractivity (Wildman–Crippen MR) is 68.2 cm³/mol. The maximum atomic E-state index is 10.1. The summed E-state index contributed by atoms with van der Waals surface area (Å²) in [6.07, 6.45) is 0.513. The highest BCUT2D eigenvalue weighted by molar-refractivity contribution is 5.16. The number of quaternary nitrogens is 1. The predicted octanol–water partition coefficient (Wildman–Crippen LogP) is -0.399. The second-order valence-electron chi connectivity index (χ2n) is 4.69. The smallest absolute Gasteiger partial charge is 0.0843 e. The van der Waals surface area contributed by atoms with E-state index in [0.717, 1.165) is 36.1 Å². The van der Waals surface area contributed by atoms with Gasteiger partial charge in [-0.1, -0.05) is 30.3 Å². The first-order valence-corrected chi connectivity index (χ1v) is 6.18. The highest BCUT2D eigenvalue weighted by Gasteiger charge is 2.18. The molecular formula is C14H24INO. The number of hydrogen-bond donors (Lipinski definition) is 1. The fourth-order valence-electron chi connectivity index (χ4n) is 1.82.